The van der Waals surface area contributed by atoms with Crippen LogP contribution in [0.1, 0.15) is 31.9 Å². The topological polar surface area (TPSA) is 65.5 Å². The van der Waals surface area contributed by atoms with E-state index in [1.165, 1.54) is 16.2 Å². The number of aromatic nitrogens is 1. The van der Waals surface area contributed by atoms with Crippen molar-refractivity contribution < 1.29 is 9.90 Å². The van der Waals surface area contributed by atoms with Crippen molar-refractivity contribution in [2.45, 2.75) is 38.7 Å². The predicted octanol–water partition coefficient (Wildman–Crippen LogP) is 2.33. The lowest BCUT2D eigenvalue weighted by Gasteiger charge is -2.20. The van der Waals surface area contributed by atoms with Crippen molar-refractivity contribution in [2.24, 2.45) is 5.92 Å². The summed E-state index contributed by atoms with van der Waals surface area (Å²) >= 11 is 1.44. The number of aliphatic hydroxyl groups excluding tert-OH is 1. The van der Waals surface area contributed by atoms with E-state index in [9.17, 15) is 9.90 Å². The molecule has 0 spiro atoms. The normalized spacial score (nSPS) is 16.2. The first-order chi connectivity index (χ1) is 9.10. The molecule has 1 aliphatic carbocycles. The van der Waals surface area contributed by atoms with Gasteiger partial charge in [0.25, 0.3) is 0 Å². The molecule has 19 heavy (non-hydrogen) atoms. The Labute approximate surface area is 117 Å². The maximum atomic E-state index is 11.9. The third kappa shape index (κ3) is 4.18. The molecule has 1 aliphatic rings. The molecule has 0 bridgehead atoms. The van der Waals surface area contributed by atoms with Gasteiger partial charge in [0.05, 0.1) is 11.8 Å². The summed E-state index contributed by atoms with van der Waals surface area (Å²) in [5.41, 5.74) is 1.02. The highest BCUT2D eigenvalue weighted by atomic mass is 32.1. The van der Waals surface area contributed by atoms with Crippen LogP contribution in [0.3, 0.4) is 0 Å². The number of hydrogen-bond acceptors (Lipinski definition) is 4. The van der Waals surface area contributed by atoms with E-state index in [1.54, 1.807) is 7.05 Å². The van der Waals surface area contributed by atoms with Gasteiger partial charge in [-0.1, -0.05) is 13.3 Å². The van der Waals surface area contributed by atoms with E-state index in [2.05, 4.69) is 17.2 Å². The Balaban J connectivity index is 1.81. The summed E-state index contributed by atoms with van der Waals surface area (Å²) in [5, 5.41) is 15.2. The molecule has 6 heteroatoms. The zero-order chi connectivity index (χ0) is 13.8. The average molecular weight is 283 g/mol. The molecule has 2 rings (SSSR count). The Hall–Kier alpha value is -1.14. The number of amides is 2. The molecule has 2 N–H and O–H groups in total. The molecule has 0 aromatic carbocycles. The van der Waals surface area contributed by atoms with Gasteiger partial charge in [0, 0.05) is 19.0 Å². The number of likely N-dealkylation sites (N-methyl/N-ethyl adjacent to an activating group) is 1. The monoisotopic (exact) mass is 283 g/mol. The van der Waals surface area contributed by atoms with E-state index in [4.69, 9.17) is 0 Å². The van der Waals surface area contributed by atoms with Crippen molar-refractivity contribution in [1.29, 1.82) is 0 Å². The SMILES string of the molecule is CCCc1csc(NC(=O)N(C)CC(O)C2CC2)n1. The summed E-state index contributed by atoms with van der Waals surface area (Å²) in [6.45, 7) is 2.48. The Morgan fingerprint density at radius 2 is 2.42 bits per heavy atom. The van der Waals surface area contributed by atoms with Crippen LogP contribution >= 0.6 is 11.3 Å². The molecule has 2 amide bonds. The lowest BCUT2D eigenvalue weighted by molar-refractivity contribution is 0.117. The maximum Gasteiger partial charge on any atom is 0.323 e. The maximum absolute atomic E-state index is 11.9. The van der Waals surface area contributed by atoms with Crippen LogP contribution in [0, 0.1) is 5.92 Å². The molecule has 1 aromatic heterocycles. The first-order valence-corrected chi connectivity index (χ1v) is 7.62. The molecule has 1 saturated carbocycles. The van der Waals surface area contributed by atoms with Crippen LogP contribution in [0.2, 0.25) is 0 Å². The fourth-order valence-corrected chi connectivity index (χ4v) is 2.65. The van der Waals surface area contributed by atoms with Crippen molar-refractivity contribution in [3.63, 3.8) is 0 Å². The zero-order valence-electron chi connectivity index (χ0n) is 11.4. The van der Waals surface area contributed by atoms with E-state index in [-0.39, 0.29) is 6.03 Å². The third-order valence-electron chi connectivity index (χ3n) is 3.25. The standard InChI is InChI=1S/C13H21N3O2S/c1-3-4-10-8-19-12(14-10)15-13(18)16(2)7-11(17)9-5-6-9/h8-9,11,17H,3-7H2,1-2H3,(H,14,15,18). The molecule has 0 saturated heterocycles. The highest BCUT2D eigenvalue weighted by Gasteiger charge is 2.31. The largest absolute Gasteiger partial charge is 0.391 e. The van der Waals surface area contributed by atoms with Gasteiger partial charge in [-0.15, -0.1) is 11.3 Å². The van der Waals surface area contributed by atoms with Gasteiger partial charge in [-0.25, -0.2) is 9.78 Å². The van der Waals surface area contributed by atoms with E-state index in [0.29, 0.717) is 17.6 Å². The highest BCUT2D eigenvalue weighted by molar-refractivity contribution is 7.13. The number of hydrogen-bond donors (Lipinski definition) is 2. The molecule has 0 radical (unpaired) electrons. The molecule has 1 heterocycles. The fourth-order valence-electron chi connectivity index (χ4n) is 1.92. The fraction of sp³-hybridized carbons (Fsp3) is 0.692. The zero-order valence-corrected chi connectivity index (χ0v) is 12.2. The molecule has 1 fully saturated rings. The van der Waals surface area contributed by atoms with Gasteiger partial charge in [-0.3, -0.25) is 5.32 Å². The first-order valence-electron chi connectivity index (χ1n) is 6.74. The molecule has 1 atom stereocenters. The molecule has 106 valence electrons. The third-order valence-corrected chi connectivity index (χ3v) is 4.05. The smallest absolute Gasteiger partial charge is 0.323 e. The van der Waals surface area contributed by atoms with Gasteiger partial charge < -0.3 is 10.0 Å². The number of nitrogens with zero attached hydrogens (tertiary/aromatic N) is 2. The van der Waals surface area contributed by atoms with Crippen molar-refractivity contribution >= 4 is 22.5 Å². The summed E-state index contributed by atoms with van der Waals surface area (Å²) in [6.07, 6.45) is 3.72. The minimum Gasteiger partial charge on any atom is -0.391 e. The summed E-state index contributed by atoms with van der Waals surface area (Å²) in [5.74, 6) is 0.381. The van der Waals surface area contributed by atoms with Crippen LogP contribution in [-0.2, 0) is 6.42 Å². The molecule has 1 unspecified atom stereocenters. The number of carbonyl (C=O) groups is 1. The molecular formula is C13H21N3O2S. The van der Waals surface area contributed by atoms with Crippen LogP contribution in [0.4, 0.5) is 9.93 Å². The van der Waals surface area contributed by atoms with Gasteiger partial charge >= 0.3 is 6.03 Å². The lowest BCUT2D eigenvalue weighted by atomic mass is 10.2. The number of rotatable bonds is 6. The number of aryl methyl sites for hydroxylation is 1. The van der Waals surface area contributed by atoms with Crippen LogP contribution in [0.5, 0.6) is 0 Å². The van der Waals surface area contributed by atoms with Crippen LogP contribution < -0.4 is 5.32 Å². The molecule has 0 aliphatic heterocycles. The Bertz CT molecular complexity index is 431. The van der Waals surface area contributed by atoms with Gasteiger partial charge in [-0.05, 0) is 25.2 Å². The van der Waals surface area contributed by atoms with E-state index in [1.807, 2.05) is 5.38 Å². The molecule has 5 nitrogen and oxygen atoms in total. The van der Waals surface area contributed by atoms with Crippen molar-refractivity contribution in [3.05, 3.63) is 11.1 Å². The van der Waals surface area contributed by atoms with Crippen molar-refractivity contribution in [1.82, 2.24) is 9.88 Å². The number of urea groups is 1. The lowest BCUT2D eigenvalue weighted by Crippen LogP contribution is -2.37. The summed E-state index contributed by atoms with van der Waals surface area (Å²) < 4.78 is 0. The highest BCUT2D eigenvalue weighted by Crippen LogP contribution is 2.32. The van der Waals surface area contributed by atoms with Crippen molar-refractivity contribution in [3.8, 4) is 0 Å². The van der Waals surface area contributed by atoms with Crippen LogP contribution in [0.25, 0.3) is 0 Å². The number of anilines is 1. The van der Waals surface area contributed by atoms with Gasteiger partial charge in [0.2, 0.25) is 0 Å². The number of thiazole rings is 1. The van der Waals surface area contributed by atoms with Gasteiger partial charge in [0.1, 0.15) is 0 Å². The second-order valence-electron chi connectivity index (χ2n) is 5.11. The van der Waals surface area contributed by atoms with Gasteiger partial charge in [-0.2, -0.15) is 0 Å². The van der Waals surface area contributed by atoms with Crippen LogP contribution in [-0.4, -0.2) is 40.7 Å². The van der Waals surface area contributed by atoms with Gasteiger partial charge in [0.15, 0.2) is 5.13 Å². The second kappa shape index (κ2) is 6.34. The second-order valence-corrected chi connectivity index (χ2v) is 5.97. The van der Waals surface area contributed by atoms with Crippen molar-refractivity contribution in [2.75, 3.05) is 18.9 Å². The average Bonchev–Trinajstić information content (AvgIpc) is 3.13. The predicted molar refractivity (Wildman–Crippen MR) is 76.5 cm³/mol. The summed E-state index contributed by atoms with van der Waals surface area (Å²) in [7, 11) is 1.70. The van der Waals surface area contributed by atoms with Crippen LogP contribution in [0.15, 0.2) is 5.38 Å². The summed E-state index contributed by atoms with van der Waals surface area (Å²) in [4.78, 5) is 17.8. The summed E-state index contributed by atoms with van der Waals surface area (Å²) in [6, 6.07) is -0.211. The quantitative estimate of drug-likeness (QED) is 0.842. The molecular weight excluding hydrogens is 262 g/mol. The number of nitrogens with one attached hydrogen (secondary N) is 1. The Kier molecular flexibility index (Phi) is 4.76. The number of carbonyl (C=O) groups excluding carboxylic acids is 1. The Morgan fingerprint density at radius 3 is 3.05 bits per heavy atom. The minimum atomic E-state index is -0.400. The number of aliphatic hydroxyl groups is 1. The Morgan fingerprint density at radius 1 is 1.68 bits per heavy atom. The van der Waals surface area contributed by atoms with E-state index in [0.717, 1.165) is 31.4 Å². The van der Waals surface area contributed by atoms with E-state index >= 15 is 0 Å². The minimum absolute atomic E-state index is 0.211. The molecule has 1 aromatic rings. The first kappa shape index (κ1) is 14.3. The van der Waals surface area contributed by atoms with E-state index < -0.39 is 6.10 Å².